The fraction of sp³-hybridized carbons (Fsp3) is 0.500. The van der Waals surface area contributed by atoms with Crippen molar-refractivity contribution >= 4 is 17.3 Å². The number of aromatic carboxylic acids is 1. The molecule has 6 heteroatoms. The van der Waals surface area contributed by atoms with E-state index in [9.17, 15) is 20.0 Å². The largest absolute Gasteiger partial charge is 0.478 e. The monoisotopic (exact) mass is 280 g/mol. The molecule has 0 fully saturated rings. The number of para-hydroxylation sites is 1. The van der Waals surface area contributed by atoms with E-state index in [4.69, 9.17) is 0 Å². The van der Waals surface area contributed by atoms with Crippen LogP contribution in [0.3, 0.4) is 0 Å². The van der Waals surface area contributed by atoms with Gasteiger partial charge in [-0.15, -0.1) is 0 Å². The highest BCUT2D eigenvalue weighted by Gasteiger charge is 2.28. The molecular formula is C14H20N2O4. The lowest BCUT2D eigenvalue weighted by Crippen LogP contribution is -2.35. The number of anilines is 1. The molecule has 1 aromatic rings. The molecule has 0 heterocycles. The zero-order chi connectivity index (χ0) is 15.4. The number of benzene rings is 1. The summed E-state index contributed by atoms with van der Waals surface area (Å²) in [7, 11) is 0. The van der Waals surface area contributed by atoms with Crippen LogP contribution in [-0.2, 0) is 0 Å². The van der Waals surface area contributed by atoms with Crippen LogP contribution in [0.4, 0.5) is 11.4 Å². The summed E-state index contributed by atoms with van der Waals surface area (Å²) in [6, 6.07) is 4.12. The summed E-state index contributed by atoms with van der Waals surface area (Å²) in [6.07, 6.45) is 0. The van der Waals surface area contributed by atoms with Gasteiger partial charge >= 0.3 is 5.97 Å². The van der Waals surface area contributed by atoms with E-state index in [0.717, 1.165) is 0 Å². The van der Waals surface area contributed by atoms with Gasteiger partial charge in [-0.1, -0.05) is 19.9 Å². The van der Waals surface area contributed by atoms with E-state index in [1.54, 1.807) is 4.90 Å². The first kappa shape index (κ1) is 15.9. The van der Waals surface area contributed by atoms with E-state index >= 15 is 0 Å². The third-order valence-corrected chi connectivity index (χ3v) is 2.91. The van der Waals surface area contributed by atoms with Gasteiger partial charge < -0.3 is 10.0 Å². The Morgan fingerprint density at radius 2 is 1.95 bits per heavy atom. The lowest BCUT2D eigenvalue weighted by Gasteiger charge is -2.31. The number of nitro groups is 1. The Bertz CT molecular complexity index is 480. The standard InChI is InChI=1S/C14H20N2O4/c1-9(2)8-15(10(3)4)13-11(14(17)18)6-5-7-12(13)16(19)20/h5-7,9-10H,8H2,1-4H3,(H,17,18). The van der Waals surface area contributed by atoms with Gasteiger partial charge in [0.05, 0.1) is 10.5 Å². The summed E-state index contributed by atoms with van der Waals surface area (Å²) in [6.45, 7) is 8.33. The van der Waals surface area contributed by atoms with Crippen LogP contribution in [0.5, 0.6) is 0 Å². The normalized spacial score (nSPS) is 10.9. The fourth-order valence-electron chi connectivity index (χ4n) is 2.11. The molecule has 1 N–H and O–H groups in total. The summed E-state index contributed by atoms with van der Waals surface area (Å²) >= 11 is 0. The zero-order valence-electron chi connectivity index (χ0n) is 12.2. The zero-order valence-corrected chi connectivity index (χ0v) is 12.2. The smallest absolute Gasteiger partial charge is 0.338 e. The lowest BCUT2D eigenvalue weighted by molar-refractivity contribution is -0.384. The Balaban J connectivity index is 3.50. The summed E-state index contributed by atoms with van der Waals surface area (Å²) < 4.78 is 0. The van der Waals surface area contributed by atoms with Gasteiger partial charge in [-0.05, 0) is 25.8 Å². The van der Waals surface area contributed by atoms with Crippen LogP contribution in [0.15, 0.2) is 18.2 Å². The second-order valence-corrected chi connectivity index (χ2v) is 5.38. The number of carboxylic acids is 1. The first-order valence-electron chi connectivity index (χ1n) is 6.53. The third-order valence-electron chi connectivity index (χ3n) is 2.91. The molecule has 20 heavy (non-hydrogen) atoms. The molecule has 0 bridgehead atoms. The van der Waals surface area contributed by atoms with Crippen LogP contribution in [0, 0.1) is 16.0 Å². The highest BCUT2D eigenvalue weighted by Crippen LogP contribution is 2.34. The molecule has 0 saturated carbocycles. The number of carboxylic acid groups (broad SMARTS) is 1. The number of hydrogen-bond donors (Lipinski definition) is 1. The van der Waals surface area contributed by atoms with Gasteiger partial charge in [-0.2, -0.15) is 0 Å². The molecule has 110 valence electrons. The molecule has 0 atom stereocenters. The molecule has 0 aliphatic rings. The van der Waals surface area contributed by atoms with Crippen molar-refractivity contribution in [1.82, 2.24) is 0 Å². The minimum absolute atomic E-state index is 0.0309. The number of carbonyl (C=O) groups is 1. The van der Waals surface area contributed by atoms with E-state index in [0.29, 0.717) is 6.54 Å². The van der Waals surface area contributed by atoms with E-state index < -0.39 is 10.9 Å². The summed E-state index contributed by atoms with van der Waals surface area (Å²) in [5, 5.41) is 20.5. The number of nitro benzene ring substituents is 1. The Labute approximate surface area is 118 Å². The van der Waals surface area contributed by atoms with Crippen LogP contribution < -0.4 is 4.90 Å². The maximum absolute atomic E-state index is 11.4. The first-order valence-corrected chi connectivity index (χ1v) is 6.53. The number of nitrogens with zero attached hydrogens (tertiary/aromatic N) is 2. The third kappa shape index (κ3) is 3.46. The van der Waals surface area contributed by atoms with Crippen molar-refractivity contribution in [3.05, 3.63) is 33.9 Å². The highest BCUT2D eigenvalue weighted by molar-refractivity contribution is 5.97. The average Bonchev–Trinajstić information content (AvgIpc) is 2.34. The first-order chi connectivity index (χ1) is 9.25. The summed E-state index contributed by atoms with van der Waals surface area (Å²) in [4.78, 5) is 23.8. The molecule has 0 unspecified atom stereocenters. The maximum Gasteiger partial charge on any atom is 0.338 e. The van der Waals surface area contributed by atoms with Crippen LogP contribution in [-0.4, -0.2) is 28.6 Å². The molecule has 0 amide bonds. The van der Waals surface area contributed by atoms with Crippen LogP contribution in [0.25, 0.3) is 0 Å². The molecule has 1 rings (SSSR count). The predicted octanol–water partition coefficient (Wildman–Crippen LogP) is 3.16. The minimum Gasteiger partial charge on any atom is -0.478 e. The van der Waals surface area contributed by atoms with Gasteiger partial charge in [0.2, 0.25) is 0 Å². The molecular weight excluding hydrogens is 260 g/mol. The summed E-state index contributed by atoms with van der Waals surface area (Å²) in [5.74, 6) is -0.892. The maximum atomic E-state index is 11.4. The van der Waals surface area contributed by atoms with Crippen molar-refractivity contribution in [1.29, 1.82) is 0 Å². The minimum atomic E-state index is -1.15. The van der Waals surface area contributed by atoms with Crippen molar-refractivity contribution in [2.24, 2.45) is 5.92 Å². The molecule has 6 nitrogen and oxygen atoms in total. The van der Waals surface area contributed by atoms with Gasteiger partial charge in [0, 0.05) is 18.7 Å². The van der Waals surface area contributed by atoms with Crippen molar-refractivity contribution in [3.63, 3.8) is 0 Å². The van der Waals surface area contributed by atoms with Gasteiger partial charge in [-0.3, -0.25) is 10.1 Å². The Morgan fingerprint density at radius 3 is 2.35 bits per heavy atom. The number of hydrogen-bond acceptors (Lipinski definition) is 4. The fourth-order valence-corrected chi connectivity index (χ4v) is 2.11. The van der Waals surface area contributed by atoms with E-state index in [-0.39, 0.29) is 28.9 Å². The van der Waals surface area contributed by atoms with Crippen molar-refractivity contribution < 1.29 is 14.8 Å². The van der Waals surface area contributed by atoms with Crippen molar-refractivity contribution in [2.75, 3.05) is 11.4 Å². The Kier molecular flexibility index (Phi) is 5.07. The van der Waals surface area contributed by atoms with Crippen LogP contribution in [0.1, 0.15) is 38.1 Å². The molecule has 0 aromatic heterocycles. The summed E-state index contributed by atoms with van der Waals surface area (Å²) in [5.41, 5.74) is -0.0125. The van der Waals surface area contributed by atoms with Crippen LogP contribution in [0.2, 0.25) is 0 Å². The van der Waals surface area contributed by atoms with Gasteiger partial charge in [0.1, 0.15) is 5.69 Å². The predicted molar refractivity (Wildman–Crippen MR) is 77.4 cm³/mol. The van der Waals surface area contributed by atoms with Crippen molar-refractivity contribution in [2.45, 2.75) is 33.7 Å². The quantitative estimate of drug-likeness (QED) is 0.639. The SMILES string of the molecule is CC(C)CN(c1c(C(=O)O)cccc1[N+](=O)[O-])C(C)C. The molecule has 0 spiro atoms. The molecule has 0 aliphatic heterocycles. The van der Waals surface area contributed by atoms with Crippen molar-refractivity contribution in [3.8, 4) is 0 Å². The Morgan fingerprint density at radius 1 is 1.35 bits per heavy atom. The average molecular weight is 280 g/mol. The highest BCUT2D eigenvalue weighted by atomic mass is 16.6. The van der Waals surface area contributed by atoms with E-state index in [2.05, 4.69) is 0 Å². The second-order valence-electron chi connectivity index (χ2n) is 5.38. The van der Waals surface area contributed by atoms with Gasteiger partial charge in [0.15, 0.2) is 0 Å². The van der Waals surface area contributed by atoms with Gasteiger partial charge in [-0.25, -0.2) is 4.79 Å². The number of rotatable bonds is 6. The molecule has 0 saturated heterocycles. The second kappa shape index (κ2) is 6.36. The lowest BCUT2D eigenvalue weighted by atomic mass is 10.1. The molecule has 1 aromatic carbocycles. The topological polar surface area (TPSA) is 83.7 Å². The van der Waals surface area contributed by atoms with Crippen LogP contribution >= 0.6 is 0 Å². The molecule has 0 radical (unpaired) electrons. The van der Waals surface area contributed by atoms with E-state index in [1.165, 1.54) is 18.2 Å². The van der Waals surface area contributed by atoms with Gasteiger partial charge in [0.25, 0.3) is 5.69 Å². The molecule has 0 aliphatic carbocycles. The van der Waals surface area contributed by atoms with E-state index in [1.807, 2.05) is 27.7 Å². The Hall–Kier alpha value is -2.11.